The lowest BCUT2D eigenvalue weighted by atomic mass is 9.99. The predicted octanol–water partition coefficient (Wildman–Crippen LogP) is 2.58. The Hall–Kier alpha value is -1.06. The fraction of sp³-hybridized carbons (Fsp3) is 0.500. The van der Waals surface area contributed by atoms with Crippen molar-refractivity contribution in [2.75, 3.05) is 20.2 Å². The Morgan fingerprint density at radius 2 is 2.28 bits per heavy atom. The van der Waals surface area contributed by atoms with Crippen LogP contribution in [0.4, 0.5) is 0 Å². The van der Waals surface area contributed by atoms with Gasteiger partial charge in [-0.2, -0.15) is 0 Å². The molecule has 98 valence electrons. The van der Waals surface area contributed by atoms with Gasteiger partial charge in [-0.05, 0) is 23.6 Å². The number of nitrogens with zero attached hydrogens (tertiary/aromatic N) is 1. The fourth-order valence-electron chi connectivity index (χ4n) is 2.55. The van der Waals surface area contributed by atoms with E-state index in [0.29, 0.717) is 5.92 Å². The van der Waals surface area contributed by atoms with Crippen molar-refractivity contribution in [1.82, 2.24) is 4.90 Å². The molecule has 2 atom stereocenters. The first kappa shape index (κ1) is 13.4. The third-order valence-corrected chi connectivity index (χ3v) is 3.72. The summed E-state index contributed by atoms with van der Waals surface area (Å²) in [6, 6.07) is 7.85. The molecule has 0 spiro atoms. The van der Waals surface area contributed by atoms with Crippen molar-refractivity contribution in [3.63, 3.8) is 0 Å². The smallest absolute Gasteiger partial charge is 0.310 e. The van der Waals surface area contributed by atoms with Crippen LogP contribution < -0.4 is 0 Å². The van der Waals surface area contributed by atoms with Gasteiger partial charge in [-0.15, -0.1) is 0 Å². The van der Waals surface area contributed by atoms with Crippen LogP contribution in [-0.4, -0.2) is 31.1 Å². The van der Waals surface area contributed by atoms with Crippen LogP contribution in [0.2, 0.25) is 5.02 Å². The summed E-state index contributed by atoms with van der Waals surface area (Å²) in [5, 5.41) is 0.754. The molecule has 3 nitrogen and oxygen atoms in total. The molecule has 1 aliphatic rings. The zero-order chi connectivity index (χ0) is 13.1. The van der Waals surface area contributed by atoms with Gasteiger partial charge in [-0.25, -0.2) is 0 Å². The maximum atomic E-state index is 11.6. The molecule has 0 amide bonds. The van der Waals surface area contributed by atoms with Gasteiger partial charge in [0, 0.05) is 24.7 Å². The molecule has 0 bridgehead atoms. The molecule has 1 saturated heterocycles. The first-order valence-corrected chi connectivity index (χ1v) is 6.52. The molecule has 2 unspecified atom stereocenters. The number of carbonyl (C=O) groups excluding carboxylic acids is 1. The van der Waals surface area contributed by atoms with E-state index in [9.17, 15) is 4.79 Å². The minimum Gasteiger partial charge on any atom is -0.469 e. The van der Waals surface area contributed by atoms with Gasteiger partial charge in [0.2, 0.25) is 0 Å². The molecular formula is C14H18ClNO2. The highest BCUT2D eigenvalue weighted by Gasteiger charge is 2.35. The SMILES string of the molecule is COC(=O)C1CN(Cc2cccc(Cl)c2)CC1C. The molecule has 0 aliphatic carbocycles. The number of methoxy groups -OCH3 is 1. The second kappa shape index (κ2) is 5.72. The predicted molar refractivity (Wildman–Crippen MR) is 71.4 cm³/mol. The molecule has 1 aliphatic heterocycles. The fourth-order valence-corrected chi connectivity index (χ4v) is 2.76. The third kappa shape index (κ3) is 3.03. The minimum absolute atomic E-state index is 0.00539. The molecule has 0 saturated carbocycles. The third-order valence-electron chi connectivity index (χ3n) is 3.49. The Morgan fingerprint density at radius 3 is 2.94 bits per heavy atom. The number of carbonyl (C=O) groups is 1. The van der Waals surface area contributed by atoms with E-state index in [0.717, 1.165) is 24.7 Å². The van der Waals surface area contributed by atoms with Crippen molar-refractivity contribution in [3.05, 3.63) is 34.9 Å². The number of halogens is 1. The van der Waals surface area contributed by atoms with Crippen molar-refractivity contribution < 1.29 is 9.53 Å². The average molecular weight is 268 g/mol. The molecule has 1 fully saturated rings. The molecule has 1 heterocycles. The number of hydrogen-bond acceptors (Lipinski definition) is 3. The van der Waals surface area contributed by atoms with Gasteiger partial charge >= 0.3 is 5.97 Å². The van der Waals surface area contributed by atoms with E-state index in [-0.39, 0.29) is 11.9 Å². The van der Waals surface area contributed by atoms with E-state index in [1.807, 2.05) is 18.2 Å². The maximum absolute atomic E-state index is 11.6. The number of rotatable bonds is 3. The Labute approximate surface area is 113 Å². The Bertz CT molecular complexity index is 436. The van der Waals surface area contributed by atoms with Gasteiger partial charge in [0.15, 0.2) is 0 Å². The van der Waals surface area contributed by atoms with E-state index in [1.54, 1.807) is 0 Å². The Balaban J connectivity index is 1.98. The van der Waals surface area contributed by atoms with Crippen LogP contribution in [0.5, 0.6) is 0 Å². The Kier molecular flexibility index (Phi) is 4.25. The lowest BCUT2D eigenvalue weighted by Crippen LogP contribution is -2.24. The summed E-state index contributed by atoms with van der Waals surface area (Å²) in [6.45, 7) is 4.62. The first-order valence-electron chi connectivity index (χ1n) is 6.14. The molecule has 2 rings (SSSR count). The zero-order valence-electron chi connectivity index (χ0n) is 10.7. The molecule has 0 radical (unpaired) electrons. The average Bonchev–Trinajstić information content (AvgIpc) is 2.69. The largest absolute Gasteiger partial charge is 0.469 e. The lowest BCUT2D eigenvalue weighted by molar-refractivity contribution is -0.146. The van der Waals surface area contributed by atoms with Gasteiger partial charge in [-0.1, -0.05) is 30.7 Å². The monoisotopic (exact) mass is 267 g/mol. The van der Waals surface area contributed by atoms with Gasteiger partial charge in [-0.3, -0.25) is 9.69 Å². The van der Waals surface area contributed by atoms with Crippen LogP contribution in [0.1, 0.15) is 12.5 Å². The molecule has 0 N–H and O–H groups in total. The summed E-state index contributed by atoms with van der Waals surface area (Å²) in [4.78, 5) is 13.9. The summed E-state index contributed by atoms with van der Waals surface area (Å²) >= 11 is 5.97. The highest BCUT2D eigenvalue weighted by molar-refractivity contribution is 6.30. The molecule has 18 heavy (non-hydrogen) atoms. The molecular weight excluding hydrogens is 250 g/mol. The van der Waals surface area contributed by atoms with E-state index < -0.39 is 0 Å². The summed E-state index contributed by atoms with van der Waals surface area (Å²) < 4.78 is 4.84. The van der Waals surface area contributed by atoms with Crippen molar-refractivity contribution >= 4 is 17.6 Å². The summed E-state index contributed by atoms with van der Waals surface area (Å²) in [6.07, 6.45) is 0. The standard InChI is InChI=1S/C14H18ClNO2/c1-10-7-16(9-13(10)14(17)18-2)8-11-4-3-5-12(15)6-11/h3-6,10,13H,7-9H2,1-2H3. The van der Waals surface area contributed by atoms with E-state index in [2.05, 4.69) is 17.9 Å². The Morgan fingerprint density at radius 1 is 1.50 bits per heavy atom. The van der Waals surface area contributed by atoms with Crippen LogP contribution in [0, 0.1) is 11.8 Å². The maximum Gasteiger partial charge on any atom is 0.310 e. The highest BCUT2D eigenvalue weighted by atomic mass is 35.5. The van der Waals surface area contributed by atoms with Crippen LogP contribution in [0.15, 0.2) is 24.3 Å². The van der Waals surface area contributed by atoms with Crippen LogP contribution in [0.25, 0.3) is 0 Å². The normalized spacial score (nSPS) is 24.2. The number of esters is 1. The first-order chi connectivity index (χ1) is 8.60. The number of benzene rings is 1. The van der Waals surface area contributed by atoms with Crippen molar-refractivity contribution in [3.8, 4) is 0 Å². The van der Waals surface area contributed by atoms with E-state index in [1.165, 1.54) is 12.7 Å². The summed E-state index contributed by atoms with van der Waals surface area (Å²) in [5.74, 6) is 0.238. The molecule has 1 aromatic rings. The van der Waals surface area contributed by atoms with Crippen molar-refractivity contribution in [1.29, 1.82) is 0 Å². The number of likely N-dealkylation sites (tertiary alicyclic amines) is 1. The molecule has 0 aromatic heterocycles. The van der Waals surface area contributed by atoms with Crippen molar-refractivity contribution in [2.24, 2.45) is 11.8 Å². The lowest BCUT2D eigenvalue weighted by Gasteiger charge is -2.15. The van der Waals surface area contributed by atoms with Gasteiger partial charge in [0.05, 0.1) is 13.0 Å². The second-order valence-corrected chi connectivity index (χ2v) is 5.37. The van der Waals surface area contributed by atoms with Crippen LogP contribution in [0.3, 0.4) is 0 Å². The summed E-state index contributed by atoms with van der Waals surface area (Å²) in [5.41, 5.74) is 1.18. The molecule has 4 heteroatoms. The molecule has 1 aromatic carbocycles. The van der Waals surface area contributed by atoms with Gasteiger partial charge in [0.1, 0.15) is 0 Å². The van der Waals surface area contributed by atoms with Crippen LogP contribution >= 0.6 is 11.6 Å². The highest BCUT2D eigenvalue weighted by Crippen LogP contribution is 2.25. The zero-order valence-corrected chi connectivity index (χ0v) is 11.5. The summed E-state index contributed by atoms with van der Waals surface area (Å²) in [7, 11) is 1.45. The van der Waals surface area contributed by atoms with Crippen LogP contribution in [-0.2, 0) is 16.1 Å². The second-order valence-electron chi connectivity index (χ2n) is 4.93. The van der Waals surface area contributed by atoms with E-state index >= 15 is 0 Å². The van der Waals surface area contributed by atoms with Gasteiger partial charge in [0.25, 0.3) is 0 Å². The minimum atomic E-state index is -0.101. The van der Waals surface area contributed by atoms with Gasteiger partial charge < -0.3 is 4.74 Å². The number of ether oxygens (including phenoxy) is 1. The topological polar surface area (TPSA) is 29.5 Å². The van der Waals surface area contributed by atoms with Crippen molar-refractivity contribution in [2.45, 2.75) is 13.5 Å². The quantitative estimate of drug-likeness (QED) is 0.789. The number of hydrogen-bond donors (Lipinski definition) is 0. The van der Waals surface area contributed by atoms with E-state index in [4.69, 9.17) is 16.3 Å².